The fourth-order valence-corrected chi connectivity index (χ4v) is 3.28. The van der Waals surface area contributed by atoms with Crippen molar-refractivity contribution < 1.29 is 0 Å². The van der Waals surface area contributed by atoms with Gasteiger partial charge in [-0.05, 0) is 47.5 Å². The molecule has 3 heterocycles. The third kappa shape index (κ3) is 3.35. The van der Waals surface area contributed by atoms with Gasteiger partial charge >= 0.3 is 0 Å². The standard InChI is InChI=1S/C17H21N7/c1-2-6-14(7-3-1)13-23-11-5-4-8-15(23)12-18-16-9-10-17-19-21-22-24(17)20-16/h1-3,6-7,9-10,15H,4-5,8,11-13H2,(H,18,20). The first-order valence-electron chi connectivity index (χ1n) is 8.46. The largest absolute Gasteiger partial charge is 0.367 e. The summed E-state index contributed by atoms with van der Waals surface area (Å²) in [6.45, 7) is 3.04. The average Bonchev–Trinajstić information content (AvgIpc) is 3.10. The van der Waals surface area contributed by atoms with Crippen molar-refractivity contribution in [2.24, 2.45) is 0 Å². The molecule has 0 saturated carbocycles. The summed E-state index contributed by atoms with van der Waals surface area (Å²) in [4.78, 5) is 2.57. The van der Waals surface area contributed by atoms with E-state index in [1.54, 1.807) is 0 Å². The predicted octanol–water partition coefficient (Wildman–Crippen LogP) is 1.99. The summed E-state index contributed by atoms with van der Waals surface area (Å²) in [5.74, 6) is 0.806. The van der Waals surface area contributed by atoms with Crippen LogP contribution >= 0.6 is 0 Å². The van der Waals surface area contributed by atoms with Crippen molar-refractivity contribution in [1.29, 1.82) is 0 Å². The molecule has 1 N–H and O–H groups in total. The van der Waals surface area contributed by atoms with E-state index in [1.165, 1.54) is 29.5 Å². The molecule has 1 fully saturated rings. The normalized spacial score (nSPS) is 18.8. The molecule has 1 unspecified atom stereocenters. The maximum absolute atomic E-state index is 4.38. The highest BCUT2D eigenvalue weighted by atomic mass is 15.6. The molecule has 124 valence electrons. The van der Waals surface area contributed by atoms with Crippen LogP contribution in [0.5, 0.6) is 0 Å². The van der Waals surface area contributed by atoms with Crippen molar-refractivity contribution in [2.75, 3.05) is 18.4 Å². The maximum atomic E-state index is 4.38. The minimum absolute atomic E-state index is 0.519. The van der Waals surface area contributed by atoms with Gasteiger partial charge < -0.3 is 5.32 Å². The van der Waals surface area contributed by atoms with Gasteiger partial charge in [0.15, 0.2) is 5.65 Å². The lowest BCUT2D eigenvalue weighted by atomic mass is 10.0. The van der Waals surface area contributed by atoms with E-state index in [0.717, 1.165) is 25.5 Å². The van der Waals surface area contributed by atoms with Crippen LogP contribution in [-0.2, 0) is 6.54 Å². The first-order valence-corrected chi connectivity index (χ1v) is 8.46. The number of benzene rings is 1. The van der Waals surface area contributed by atoms with Gasteiger partial charge in [-0.15, -0.1) is 14.8 Å². The molecule has 0 bridgehead atoms. The molecule has 4 rings (SSSR count). The molecular formula is C17H21N7. The molecular weight excluding hydrogens is 302 g/mol. The van der Waals surface area contributed by atoms with Gasteiger partial charge in [0.05, 0.1) is 0 Å². The Kier molecular flexibility index (Phi) is 4.33. The molecule has 3 aromatic rings. The van der Waals surface area contributed by atoms with Crippen LogP contribution < -0.4 is 5.32 Å². The van der Waals surface area contributed by atoms with Gasteiger partial charge in [0.25, 0.3) is 0 Å². The van der Waals surface area contributed by atoms with Gasteiger partial charge in [-0.3, -0.25) is 4.90 Å². The number of nitrogens with zero attached hydrogens (tertiary/aromatic N) is 6. The van der Waals surface area contributed by atoms with E-state index < -0.39 is 0 Å². The van der Waals surface area contributed by atoms with Crippen LogP contribution in [0.4, 0.5) is 5.82 Å². The fourth-order valence-electron chi connectivity index (χ4n) is 3.28. The first-order chi connectivity index (χ1) is 11.9. The topological polar surface area (TPSA) is 71.2 Å². The van der Waals surface area contributed by atoms with Crippen molar-refractivity contribution in [3.63, 3.8) is 0 Å². The Labute approximate surface area is 140 Å². The second-order valence-corrected chi connectivity index (χ2v) is 6.23. The van der Waals surface area contributed by atoms with Crippen molar-refractivity contribution in [3.8, 4) is 0 Å². The highest BCUT2D eigenvalue weighted by Gasteiger charge is 2.22. The molecule has 24 heavy (non-hydrogen) atoms. The molecule has 0 spiro atoms. The summed E-state index contributed by atoms with van der Waals surface area (Å²) in [7, 11) is 0. The number of piperidine rings is 1. The van der Waals surface area contributed by atoms with E-state index in [0.29, 0.717) is 11.7 Å². The lowest BCUT2D eigenvalue weighted by molar-refractivity contribution is 0.148. The van der Waals surface area contributed by atoms with E-state index in [4.69, 9.17) is 0 Å². The summed E-state index contributed by atoms with van der Waals surface area (Å²) in [5, 5.41) is 19.1. The average molecular weight is 323 g/mol. The summed E-state index contributed by atoms with van der Waals surface area (Å²) in [6, 6.07) is 15.0. The number of likely N-dealkylation sites (tertiary alicyclic amines) is 1. The van der Waals surface area contributed by atoms with Crippen LogP contribution in [0.3, 0.4) is 0 Å². The Balaban J connectivity index is 1.41. The van der Waals surface area contributed by atoms with E-state index in [2.05, 4.69) is 61.2 Å². The molecule has 0 radical (unpaired) electrons. The van der Waals surface area contributed by atoms with Gasteiger partial charge in [0.2, 0.25) is 0 Å². The Hall–Kier alpha value is -2.54. The molecule has 7 nitrogen and oxygen atoms in total. The third-order valence-electron chi connectivity index (χ3n) is 4.57. The number of rotatable bonds is 5. The fraction of sp³-hybridized carbons (Fsp3) is 0.412. The maximum Gasteiger partial charge on any atom is 0.200 e. The molecule has 1 saturated heterocycles. The van der Waals surface area contributed by atoms with Crippen LogP contribution in [0, 0.1) is 0 Å². The number of hydrogen-bond donors (Lipinski definition) is 1. The molecule has 0 aliphatic carbocycles. The molecule has 1 aromatic carbocycles. The van der Waals surface area contributed by atoms with E-state index >= 15 is 0 Å². The number of fused-ring (bicyclic) bond motifs is 1. The van der Waals surface area contributed by atoms with Crippen LogP contribution in [-0.4, -0.2) is 49.3 Å². The minimum Gasteiger partial charge on any atom is -0.367 e. The number of aromatic nitrogens is 5. The van der Waals surface area contributed by atoms with Crippen molar-refractivity contribution >= 4 is 11.5 Å². The van der Waals surface area contributed by atoms with Crippen molar-refractivity contribution in [3.05, 3.63) is 48.0 Å². The summed E-state index contributed by atoms with van der Waals surface area (Å²) in [6.07, 6.45) is 3.78. The second kappa shape index (κ2) is 6.92. The minimum atomic E-state index is 0.519. The number of anilines is 1. The Morgan fingerprint density at radius 1 is 1.08 bits per heavy atom. The van der Waals surface area contributed by atoms with Gasteiger partial charge in [-0.25, -0.2) is 0 Å². The molecule has 2 aromatic heterocycles. The van der Waals surface area contributed by atoms with Gasteiger partial charge in [-0.1, -0.05) is 36.8 Å². The Morgan fingerprint density at radius 3 is 2.92 bits per heavy atom. The number of hydrogen-bond acceptors (Lipinski definition) is 6. The quantitative estimate of drug-likeness (QED) is 0.774. The van der Waals surface area contributed by atoms with Gasteiger partial charge in [0.1, 0.15) is 5.82 Å². The molecule has 1 aliphatic rings. The second-order valence-electron chi connectivity index (χ2n) is 6.23. The van der Waals surface area contributed by atoms with Gasteiger partial charge in [-0.2, -0.15) is 0 Å². The van der Waals surface area contributed by atoms with Crippen LogP contribution in [0.2, 0.25) is 0 Å². The van der Waals surface area contributed by atoms with Crippen molar-refractivity contribution in [2.45, 2.75) is 31.8 Å². The Bertz CT molecular complexity index is 786. The zero-order valence-electron chi connectivity index (χ0n) is 13.5. The van der Waals surface area contributed by atoms with Crippen LogP contribution in [0.1, 0.15) is 24.8 Å². The molecule has 1 atom stereocenters. The highest BCUT2D eigenvalue weighted by molar-refractivity contribution is 5.42. The van der Waals surface area contributed by atoms with Gasteiger partial charge in [0, 0.05) is 19.1 Å². The summed E-state index contributed by atoms with van der Waals surface area (Å²) >= 11 is 0. The number of nitrogens with one attached hydrogen (secondary N) is 1. The number of tetrazole rings is 1. The first kappa shape index (κ1) is 15.0. The lowest BCUT2D eigenvalue weighted by Crippen LogP contribution is -2.43. The zero-order chi connectivity index (χ0) is 16.2. The highest BCUT2D eigenvalue weighted by Crippen LogP contribution is 2.20. The lowest BCUT2D eigenvalue weighted by Gasteiger charge is -2.36. The third-order valence-corrected chi connectivity index (χ3v) is 4.57. The zero-order valence-corrected chi connectivity index (χ0v) is 13.5. The van der Waals surface area contributed by atoms with Crippen LogP contribution in [0.15, 0.2) is 42.5 Å². The van der Waals surface area contributed by atoms with E-state index in [1.807, 2.05) is 12.1 Å². The van der Waals surface area contributed by atoms with Crippen LogP contribution in [0.25, 0.3) is 5.65 Å². The van der Waals surface area contributed by atoms with E-state index in [9.17, 15) is 0 Å². The monoisotopic (exact) mass is 323 g/mol. The molecule has 1 aliphatic heterocycles. The predicted molar refractivity (Wildman–Crippen MR) is 91.6 cm³/mol. The van der Waals surface area contributed by atoms with Crippen molar-refractivity contribution in [1.82, 2.24) is 30.2 Å². The smallest absolute Gasteiger partial charge is 0.200 e. The summed E-state index contributed by atoms with van der Waals surface area (Å²) < 4.78 is 1.45. The van der Waals surface area contributed by atoms with E-state index in [-0.39, 0.29) is 0 Å². The Morgan fingerprint density at radius 2 is 2.00 bits per heavy atom. The summed E-state index contributed by atoms with van der Waals surface area (Å²) in [5.41, 5.74) is 2.03. The molecule has 0 amide bonds. The molecule has 7 heteroatoms. The SMILES string of the molecule is c1ccc(CN2CCCCC2CNc2ccc3nnnn3n2)cc1.